The number of hydrogen-bond donors (Lipinski definition) is 1. The number of aliphatic hydroxyl groups excluding tert-OH is 1. The molecule has 1 N–H and O–H groups in total. The number of aliphatic hydroxyl groups is 1. The van der Waals surface area contributed by atoms with E-state index < -0.39 is 41.3 Å². The highest BCUT2D eigenvalue weighted by Gasteiger charge is 2.46. The van der Waals surface area contributed by atoms with Crippen LogP contribution in [-0.2, 0) is 14.3 Å². The third kappa shape index (κ3) is 9.36. The molecule has 2 saturated carbocycles. The van der Waals surface area contributed by atoms with Crippen LogP contribution in [0.4, 0.5) is 0 Å². The summed E-state index contributed by atoms with van der Waals surface area (Å²) in [5, 5.41) is 9.58. The smallest absolute Gasteiger partial charge is 0.381 e. The highest BCUT2D eigenvalue weighted by molar-refractivity contribution is 6.46. The van der Waals surface area contributed by atoms with E-state index >= 15 is 0 Å². The number of ether oxygens (including phenoxy) is 4. The van der Waals surface area contributed by atoms with E-state index in [9.17, 15) is 19.5 Å². The lowest BCUT2D eigenvalue weighted by molar-refractivity contribution is -0.159. The zero-order valence-electron chi connectivity index (χ0n) is 27.0. The van der Waals surface area contributed by atoms with Gasteiger partial charge in [-0.25, -0.2) is 14.4 Å². The third-order valence-corrected chi connectivity index (χ3v) is 11.3. The summed E-state index contributed by atoms with van der Waals surface area (Å²) >= 11 is 37.8. The van der Waals surface area contributed by atoms with Gasteiger partial charge in [-0.15, -0.1) is 0 Å². The molecule has 0 radical (unpaired) electrons. The van der Waals surface area contributed by atoms with Crippen LogP contribution in [0.15, 0.2) is 12.1 Å². The quantitative estimate of drug-likeness (QED) is 0.0775. The second-order valence-electron chi connectivity index (χ2n) is 13.2. The third-order valence-electron chi connectivity index (χ3n) is 9.19. The van der Waals surface area contributed by atoms with Gasteiger partial charge in [0.05, 0.1) is 43.3 Å². The number of rotatable bonds is 16. The number of carbonyl (C=O) groups is 3. The van der Waals surface area contributed by atoms with Gasteiger partial charge in [-0.1, -0.05) is 110 Å². The van der Waals surface area contributed by atoms with Crippen molar-refractivity contribution in [2.75, 3.05) is 13.2 Å². The summed E-state index contributed by atoms with van der Waals surface area (Å²) in [6, 6.07) is 2.35. The Balaban J connectivity index is 1.52. The van der Waals surface area contributed by atoms with Crippen LogP contribution in [-0.4, -0.2) is 42.5 Å². The summed E-state index contributed by atoms with van der Waals surface area (Å²) in [4.78, 5) is 39.8. The van der Waals surface area contributed by atoms with Crippen molar-refractivity contribution in [1.82, 2.24) is 0 Å². The van der Waals surface area contributed by atoms with Crippen LogP contribution >= 0.6 is 69.6 Å². The number of carbonyl (C=O) groups excluding carboxylic acids is 3. The molecule has 0 aromatic heterocycles. The first-order chi connectivity index (χ1) is 22.6. The lowest BCUT2D eigenvalue weighted by Gasteiger charge is -2.21. The molecule has 0 amide bonds. The summed E-state index contributed by atoms with van der Waals surface area (Å²) in [7, 11) is 0. The first-order valence-corrected chi connectivity index (χ1v) is 18.1. The average Bonchev–Trinajstić information content (AvgIpc) is 3.98. The van der Waals surface area contributed by atoms with Gasteiger partial charge < -0.3 is 24.1 Å². The molecule has 8 nitrogen and oxygen atoms in total. The van der Waals surface area contributed by atoms with E-state index in [-0.39, 0.29) is 59.7 Å². The van der Waals surface area contributed by atoms with Crippen molar-refractivity contribution in [3.63, 3.8) is 0 Å². The Bertz CT molecular complexity index is 1560. The zero-order valence-corrected chi connectivity index (χ0v) is 31.6. The summed E-state index contributed by atoms with van der Waals surface area (Å²) in [6.45, 7) is 8.73. The molecule has 0 bridgehead atoms. The largest absolute Gasteiger partial charge is 0.461 e. The molecule has 0 heterocycles. The molecular weight excluding hydrogens is 749 g/mol. The Morgan fingerprint density at radius 3 is 1.50 bits per heavy atom. The molecule has 2 aliphatic carbocycles. The normalized spacial score (nSPS) is 17.6. The molecule has 0 spiro atoms. The second-order valence-corrected chi connectivity index (χ2v) is 15.6. The SMILES string of the molecule is CCC(C)CC1(COC(=O)c2c(Cl)c(Cl)cc(Cl)c2OC(=O)C(O)Oc2c(Cl)cc(Cl)c(Cl)c2C(=O)OCC2(CC(C)CC)CC2)CC1. The standard InChI is InChI=1S/C34H38Cl6O8/c1-5-17(3)13-33(7-8-33)15-45-29(41)23-25(39)19(35)11-21(37)27(23)47-31(43)32(44)48-28-22(38)12-20(36)26(40)24(28)30(42)46-16-34(9-10-34)14-18(4)6-2/h11-12,17-18,31,43H,5-10,13-16H2,1-4H3. The van der Waals surface area contributed by atoms with Gasteiger partial charge in [0.15, 0.2) is 11.5 Å². The van der Waals surface area contributed by atoms with E-state index in [2.05, 4.69) is 27.7 Å². The van der Waals surface area contributed by atoms with Gasteiger partial charge in [-0.2, -0.15) is 0 Å². The fourth-order valence-corrected chi connectivity index (χ4v) is 7.01. The molecule has 48 heavy (non-hydrogen) atoms. The predicted molar refractivity (Wildman–Crippen MR) is 187 cm³/mol. The molecule has 264 valence electrons. The van der Waals surface area contributed by atoms with Crippen LogP contribution in [0.2, 0.25) is 30.1 Å². The van der Waals surface area contributed by atoms with E-state index in [1.54, 1.807) is 0 Å². The fourth-order valence-electron chi connectivity index (χ4n) is 5.56. The number of esters is 3. The summed E-state index contributed by atoms with van der Waals surface area (Å²) < 4.78 is 22.0. The van der Waals surface area contributed by atoms with Gasteiger partial charge in [0.25, 0.3) is 6.29 Å². The number of benzene rings is 2. The van der Waals surface area contributed by atoms with Crippen molar-refractivity contribution >= 4 is 87.5 Å². The lowest BCUT2D eigenvalue weighted by atomic mass is 9.92. The molecule has 3 unspecified atom stereocenters. The van der Waals surface area contributed by atoms with Crippen LogP contribution in [0.3, 0.4) is 0 Å². The van der Waals surface area contributed by atoms with E-state index in [4.69, 9.17) is 88.6 Å². The minimum atomic E-state index is -2.40. The minimum Gasteiger partial charge on any atom is -0.461 e. The van der Waals surface area contributed by atoms with Crippen molar-refractivity contribution in [3.05, 3.63) is 53.4 Å². The Kier molecular flexibility index (Phi) is 13.2. The minimum absolute atomic E-state index is 0.0818. The maximum Gasteiger partial charge on any atom is 0.381 e. The maximum atomic E-state index is 13.3. The summed E-state index contributed by atoms with van der Waals surface area (Å²) in [6.07, 6.45) is 5.00. The van der Waals surface area contributed by atoms with E-state index in [1.165, 1.54) is 12.1 Å². The molecular formula is C34H38Cl6O8. The Labute approximate surface area is 310 Å². The van der Waals surface area contributed by atoms with Crippen molar-refractivity contribution in [3.8, 4) is 11.5 Å². The van der Waals surface area contributed by atoms with Gasteiger partial charge in [0.1, 0.15) is 11.1 Å². The fraction of sp³-hybridized carbons (Fsp3) is 0.559. The molecule has 2 fully saturated rings. The molecule has 4 rings (SSSR count). The molecule has 2 aliphatic rings. The Morgan fingerprint density at radius 1 is 0.708 bits per heavy atom. The summed E-state index contributed by atoms with van der Waals surface area (Å²) in [5.41, 5.74) is -1.05. The van der Waals surface area contributed by atoms with Crippen LogP contribution in [0.1, 0.15) is 99.8 Å². The number of hydrogen-bond acceptors (Lipinski definition) is 8. The number of halogens is 6. The van der Waals surface area contributed by atoms with Crippen LogP contribution in [0.25, 0.3) is 0 Å². The van der Waals surface area contributed by atoms with Crippen molar-refractivity contribution < 1.29 is 38.4 Å². The van der Waals surface area contributed by atoms with Gasteiger partial charge in [-0.3, -0.25) is 0 Å². The van der Waals surface area contributed by atoms with Crippen LogP contribution < -0.4 is 9.47 Å². The first kappa shape index (κ1) is 39.1. The van der Waals surface area contributed by atoms with Gasteiger partial charge in [-0.05, 0) is 62.5 Å². The molecule has 2 aromatic carbocycles. The maximum absolute atomic E-state index is 13.3. The van der Waals surface area contributed by atoms with Crippen LogP contribution in [0, 0.1) is 22.7 Å². The molecule has 0 aliphatic heterocycles. The molecule has 0 saturated heterocycles. The predicted octanol–water partition coefficient (Wildman–Crippen LogP) is 10.7. The first-order valence-electron chi connectivity index (χ1n) is 15.8. The lowest BCUT2D eigenvalue weighted by Crippen LogP contribution is -2.32. The monoisotopic (exact) mass is 784 g/mol. The van der Waals surface area contributed by atoms with E-state index in [0.717, 1.165) is 51.4 Å². The van der Waals surface area contributed by atoms with Crippen molar-refractivity contribution in [1.29, 1.82) is 0 Å². The van der Waals surface area contributed by atoms with E-state index in [0.29, 0.717) is 11.8 Å². The molecule has 2 aromatic rings. The van der Waals surface area contributed by atoms with Crippen LogP contribution in [0.5, 0.6) is 11.5 Å². The highest BCUT2D eigenvalue weighted by Crippen LogP contribution is 2.53. The van der Waals surface area contributed by atoms with Crippen molar-refractivity contribution in [2.45, 2.75) is 85.4 Å². The van der Waals surface area contributed by atoms with Gasteiger partial charge in [0.2, 0.25) is 0 Å². The zero-order chi connectivity index (χ0) is 35.6. The van der Waals surface area contributed by atoms with Gasteiger partial charge in [0, 0.05) is 10.8 Å². The Morgan fingerprint density at radius 2 is 1.10 bits per heavy atom. The second kappa shape index (κ2) is 16.1. The summed E-state index contributed by atoms with van der Waals surface area (Å²) in [5.74, 6) is -3.34. The molecule has 14 heteroatoms. The Hall–Kier alpha value is -1.65. The van der Waals surface area contributed by atoms with Crippen molar-refractivity contribution in [2.24, 2.45) is 22.7 Å². The topological polar surface area (TPSA) is 108 Å². The highest BCUT2D eigenvalue weighted by atomic mass is 35.5. The average molecular weight is 787 g/mol. The van der Waals surface area contributed by atoms with Gasteiger partial charge >= 0.3 is 17.9 Å². The molecule has 3 atom stereocenters. The van der Waals surface area contributed by atoms with E-state index in [1.807, 2.05) is 0 Å².